The average Bonchev–Trinajstić information content (AvgIpc) is 2.25. The van der Waals surface area contributed by atoms with Gasteiger partial charge in [0.05, 0.1) is 11.5 Å². The molecule has 0 radical (unpaired) electrons. The largest absolute Gasteiger partial charge is 0.229 e. The lowest BCUT2D eigenvalue weighted by molar-refractivity contribution is 0.220. The van der Waals surface area contributed by atoms with E-state index in [1.165, 1.54) is 0 Å². The molecule has 1 aliphatic heterocycles. The average molecular weight is 373 g/mol. The monoisotopic (exact) mass is 370 g/mol. The molecule has 2 fully saturated rings. The minimum atomic E-state index is -2.95. The molecule has 1 aliphatic carbocycles. The minimum Gasteiger partial charge on any atom is -0.229 e. The molecule has 4 atom stereocenters. The van der Waals surface area contributed by atoms with E-state index in [-0.39, 0.29) is 23.3 Å². The molecule has 7 heteroatoms. The third kappa shape index (κ3) is 1.34. The Morgan fingerprint density at radius 3 is 1.69 bits per heavy atom. The van der Waals surface area contributed by atoms with Crippen LogP contribution in [0.4, 0.5) is 0 Å². The molecule has 4 unspecified atom stereocenters. The van der Waals surface area contributed by atoms with Crippen LogP contribution in [0.15, 0.2) is 0 Å². The molecule has 0 amide bonds. The van der Waals surface area contributed by atoms with E-state index in [4.69, 9.17) is 23.2 Å². The Hall–Kier alpha value is 1.49. The number of rotatable bonds is 0. The Balaban J connectivity index is 2.37. The van der Waals surface area contributed by atoms with E-state index in [9.17, 15) is 8.42 Å². The first-order valence-corrected chi connectivity index (χ1v) is 7.81. The van der Waals surface area contributed by atoms with E-state index in [0.717, 1.165) is 0 Å². The van der Waals surface area contributed by atoms with Gasteiger partial charge in [0, 0.05) is 11.8 Å². The lowest BCUT2D eigenvalue weighted by Crippen LogP contribution is -2.62. The third-order valence-corrected chi connectivity index (χ3v) is 9.13. The van der Waals surface area contributed by atoms with Crippen LogP contribution >= 0.6 is 55.1 Å². The number of alkyl halides is 4. The van der Waals surface area contributed by atoms with E-state index in [1.807, 2.05) is 0 Å². The maximum absolute atomic E-state index is 11.3. The van der Waals surface area contributed by atoms with Crippen molar-refractivity contribution in [2.75, 3.05) is 11.5 Å². The van der Waals surface area contributed by atoms with Crippen molar-refractivity contribution >= 4 is 64.9 Å². The Labute approximate surface area is 104 Å². The standard InChI is InChI=1S/C6H6Br2Cl2O2S/c7-5(9)3-1-13(11,12)2-4(3)6(5,8)10/h3-4H,1-2H2. The van der Waals surface area contributed by atoms with Crippen molar-refractivity contribution in [3.05, 3.63) is 0 Å². The zero-order chi connectivity index (χ0) is 10.1. The Kier molecular flexibility index (Phi) is 2.35. The van der Waals surface area contributed by atoms with E-state index in [1.54, 1.807) is 0 Å². The van der Waals surface area contributed by atoms with Crippen LogP contribution in [0.3, 0.4) is 0 Å². The summed E-state index contributed by atoms with van der Waals surface area (Å²) in [6, 6.07) is 0. The van der Waals surface area contributed by atoms with Crippen molar-refractivity contribution in [3.8, 4) is 0 Å². The molecule has 2 nitrogen and oxygen atoms in total. The van der Waals surface area contributed by atoms with Gasteiger partial charge in [0.2, 0.25) is 0 Å². The zero-order valence-corrected chi connectivity index (χ0v) is 11.8. The molecule has 2 rings (SSSR count). The summed E-state index contributed by atoms with van der Waals surface area (Å²) >= 11 is 18.7. The molecule has 1 saturated carbocycles. The fourth-order valence-electron chi connectivity index (χ4n) is 1.96. The predicted octanol–water partition coefficient (Wildman–Crippen LogP) is 2.32. The number of hydrogen-bond donors (Lipinski definition) is 0. The van der Waals surface area contributed by atoms with Crippen LogP contribution in [-0.4, -0.2) is 27.5 Å². The summed E-state index contributed by atoms with van der Waals surface area (Å²) in [6.45, 7) is 0. The van der Waals surface area contributed by atoms with Crippen molar-refractivity contribution in [3.63, 3.8) is 0 Å². The summed E-state index contributed by atoms with van der Waals surface area (Å²) in [5, 5.41) is 0. The van der Waals surface area contributed by atoms with Crippen LogP contribution < -0.4 is 0 Å². The third-order valence-electron chi connectivity index (χ3n) is 2.73. The molecule has 0 N–H and O–H groups in total. The van der Waals surface area contributed by atoms with Gasteiger partial charge >= 0.3 is 0 Å². The number of fused-ring (bicyclic) bond motifs is 1. The number of sulfone groups is 1. The van der Waals surface area contributed by atoms with Crippen LogP contribution in [0.5, 0.6) is 0 Å². The molecule has 0 aromatic carbocycles. The predicted molar refractivity (Wildman–Crippen MR) is 60.7 cm³/mol. The SMILES string of the molecule is O=S1(=O)CC2C(C1)C(Cl)(Br)C2(Cl)Br. The first-order chi connectivity index (χ1) is 5.68. The molecule has 0 aromatic rings. The van der Waals surface area contributed by atoms with E-state index in [2.05, 4.69) is 31.9 Å². The van der Waals surface area contributed by atoms with Crippen LogP contribution in [0.2, 0.25) is 0 Å². The Bertz CT molecular complexity index is 324. The van der Waals surface area contributed by atoms with Gasteiger partial charge < -0.3 is 0 Å². The van der Waals surface area contributed by atoms with Gasteiger partial charge in [-0.25, -0.2) is 8.42 Å². The molecule has 76 valence electrons. The van der Waals surface area contributed by atoms with Gasteiger partial charge in [0.1, 0.15) is 7.57 Å². The van der Waals surface area contributed by atoms with E-state index >= 15 is 0 Å². The zero-order valence-electron chi connectivity index (χ0n) is 6.31. The highest BCUT2D eigenvalue weighted by molar-refractivity contribution is 9.13. The molecule has 0 aromatic heterocycles. The van der Waals surface area contributed by atoms with Crippen molar-refractivity contribution in [1.29, 1.82) is 0 Å². The van der Waals surface area contributed by atoms with Gasteiger partial charge in [-0.15, -0.1) is 23.2 Å². The molecule has 1 saturated heterocycles. The maximum atomic E-state index is 11.3. The van der Waals surface area contributed by atoms with Crippen LogP contribution in [0.25, 0.3) is 0 Å². The second-order valence-corrected chi connectivity index (χ2v) is 10.3. The van der Waals surface area contributed by atoms with Gasteiger partial charge in [-0.05, 0) is 0 Å². The molecule has 0 spiro atoms. The highest BCUT2D eigenvalue weighted by Gasteiger charge is 2.73. The summed E-state index contributed by atoms with van der Waals surface area (Å²) in [7, 11) is -2.95. The maximum Gasteiger partial charge on any atom is 0.151 e. The number of hydrogen-bond acceptors (Lipinski definition) is 2. The Morgan fingerprint density at radius 1 is 1.08 bits per heavy atom. The van der Waals surface area contributed by atoms with Gasteiger partial charge in [-0.2, -0.15) is 0 Å². The fraction of sp³-hybridized carbons (Fsp3) is 1.00. The summed E-state index contributed by atoms with van der Waals surface area (Å²) in [5.41, 5.74) is 0. The molecule has 13 heavy (non-hydrogen) atoms. The summed E-state index contributed by atoms with van der Waals surface area (Å²) in [4.78, 5) is 0. The highest BCUT2D eigenvalue weighted by atomic mass is 79.9. The summed E-state index contributed by atoms with van der Waals surface area (Å²) in [6.07, 6.45) is 0. The van der Waals surface area contributed by atoms with Crippen molar-refractivity contribution in [2.24, 2.45) is 11.8 Å². The van der Waals surface area contributed by atoms with Crippen molar-refractivity contribution < 1.29 is 8.42 Å². The number of halogens is 4. The van der Waals surface area contributed by atoms with E-state index in [0.29, 0.717) is 0 Å². The van der Waals surface area contributed by atoms with Gasteiger partial charge in [0.15, 0.2) is 9.84 Å². The normalized spacial score (nSPS) is 58.5. The highest BCUT2D eigenvalue weighted by Crippen LogP contribution is 2.69. The second kappa shape index (κ2) is 2.78. The van der Waals surface area contributed by atoms with E-state index < -0.39 is 17.4 Å². The molecule has 2 aliphatic rings. The fourth-order valence-corrected chi connectivity index (χ4v) is 7.06. The van der Waals surface area contributed by atoms with Gasteiger partial charge in [-0.3, -0.25) is 0 Å². The Morgan fingerprint density at radius 2 is 1.38 bits per heavy atom. The molecular weight excluding hydrogens is 367 g/mol. The lowest BCUT2D eigenvalue weighted by Gasteiger charge is -2.54. The second-order valence-electron chi connectivity index (χ2n) is 3.54. The van der Waals surface area contributed by atoms with Crippen LogP contribution in [-0.2, 0) is 9.84 Å². The minimum absolute atomic E-state index is 0.0870. The van der Waals surface area contributed by atoms with Crippen molar-refractivity contribution in [2.45, 2.75) is 7.57 Å². The summed E-state index contributed by atoms with van der Waals surface area (Å²) in [5.74, 6) is 0.0889. The first-order valence-electron chi connectivity index (χ1n) is 3.64. The quantitative estimate of drug-likeness (QED) is 0.611. The van der Waals surface area contributed by atoms with Crippen molar-refractivity contribution in [1.82, 2.24) is 0 Å². The van der Waals surface area contributed by atoms with Crippen LogP contribution in [0, 0.1) is 11.8 Å². The molecular formula is C6H6Br2Cl2O2S. The van der Waals surface area contributed by atoms with Gasteiger partial charge in [-0.1, -0.05) is 31.9 Å². The molecule has 0 bridgehead atoms. The van der Waals surface area contributed by atoms with Crippen LogP contribution in [0.1, 0.15) is 0 Å². The smallest absolute Gasteiger partial charge is 0.151 e. The lowest BCUT2D eigenvalue weighted by atomic mass is 9.75. The topological polar surface area (TPSA) is 34.1 Å². The van der Waals surface area contributed by atoms with Gasteiger partial charge in [0.25, 0.3) is 0 Å². The first kappa shape index (κ1) is 11.0. The summed E-state index contributed by atoms with van der Waals surface area (Å²) < 4.78 is 20.9. The molecule has 1 heterocycles.